The number of nitrogens with one attached hydrogen (secondary N) is 1. The third kappa shape index (κ3) is 4.97. The molecule has 2 fully saturated rings. The van der Waals surface area contributed by atoms with Crippen molar-refractivity contribution < 1.29 is 9.18 Å². The zero-order valence-electron chi connectivity index (χ0n) is 21.3. The lowest BCUT2D eigenvalue weighted by atomic mass is 9.74. The first-order valence-electron chi connectivity index (χ1n) is 13.5. The number of carbonyl (C=O) groups excluding carboxylic acids is 1. The highest BCUT2D eigenvalue weighted by Gasteiger charge is 2.39. The maximum absolute atomic E-state index is 14.9. The normalized spacial score (nSPS) is 21.0. The average Bonchev–Trinajstić information content (AvgIpc) is 3.38. The van der Waals surface area contributed by atoms with Gasteiger partial charge in [-0.1, -0.05) is 36.8 Å². The molecule has 3 heterocycles. The summed E-state index contributed by atoms with van der Waals surface area (Å²) in [4.78, 5) is 31.7. The Morgan fingerprint density at radius 2 is 1.84 bits per heavy atom. The molecule has 6 rings (SSSR count). The standard InChI is InChI=1S/C31H31FN4O2/c32-28-12-10-22(16-29-25-5-1-2-6-26(25)30(37)35-34-29)15-27(28)31(38)36-18-23-11-9-20(14-24(23)19-36)7-8-21-4-3-13-33-17-21/h1-6,10,12-13,15,17,20,23-24H,7-9,11,14,16,18-19H2,(H,35,37). The monoisotopic (exact) mass is 510 g/mol. The molecule has 194 valence electrons. The molecule has 0 spiro atoms. The van der Waals surface area contributed by atoms with E-state index in [1.807, 2.05) is 35.4 Å². The number of H-pyrrole nitrogens is 1. The van der Waals surface area contributed by atoms with Gasteiger partial charge in [-0.15, -0.1) is 0 Å². The molecular formula is C31H31FN4O2. The summed E-state index contributed by atoms with van der Waals surface area (Å²) in [5.74, 6) is 0.907. The Hall–Kier alpha value is -3.87. The van der Waals surface area contributed by atoms with Gasteiger partial charge in [0.1, 0.15) is 5.82 Å². The van der Waals surface area contributed by atoms with Crippen molar-refractivity contribution in [2.24, 2.45) is 17.8 Å². The number of benzene rings is 2. The third-order valence-electron chi connectivity index (χ3n) is 8.42. The van der Waals surface area contributed by atoms with Gasteiger partial charge in [-0.2, -0.15) is 5.10 Å². The van der Waals surface area contributed by atoms with Gasteiger partial charge < -0.3 is 4.90 Å². The molecule has 6 nitrogen and oxygen atoms in total. The summed E-state index contributed by atoms with van der Waals surface area (Å²) in [6, 6.07) is 16.1. The first-order chi connectivity index (χ1) is 18.5. The Kier molecular flexibility index (Phi) is 6.75. The number of halogens is 1. The highest BCUT2D eigenvalue weighted by atomic mass is 19.1. The topological polar surface area (TPSA) is 79.0 Å². The second-order valence-electron chi connectivity index (χ2n) is 10.8. The minimum absolute atomic E-state index is 0.114. The van der Waals surface area contributed by atoms with Crippen LogP contribution < -0.4 is 5.56 Å². The summed E-state index contributed by atoms with van der Waals surface area (Å²) in [7, 11) is 0. The summed E-state index contributed by atoms with van der Waals surface area (Å²) >= 11 is 0. The van der Waals surface area contributed by atoms with E-state index in [4.69, 9.17) is 0 Å². The van der Waals surface area contributed by atoms with Crippen molar-refractivity contribution in [3.63, 3.8) is 0 Å². The summed E-state index contributed by atoms with van der Waals surface area (Å²) < 4.78 is 14.9. The minimum Gasteiger partial charge on any atom is -0.338 e. The van der Waals surface area contributed by atoms with E-state index in [-0.39, 0.29) is 17.0 Å². The lowest BCUT2D eigenvalue weighted by Crippen LogP contribution is -2.30. The zero-order chi connectivity index (χ0) is 26.1. The number of carbonyl (C=O) groups is 1. The number of aromatic amines is 1. The molecule has 1 aliphatic heterocycles. The molecule has 1 amide bonds. The van der Waals surface area contributed by atoms with Crippen LogP contribution in [0.1, 0.15) is 52.9 Å². The van der Waals surface area contributed by atoms with Crippen LogP contribution in [0.2, 0.25) is 0 Å². The van der Waals surface area contributed by atoms with Crippen LogP contribution in [-0.4, -0.2) is 39.1 Å². The van der Waals surface area contributed by atoms with Gasteiger partial charge in [-0.3, -0.25) is 14.6 Å². The first kappa shape index (κ1) is 24.5. The highest BCUT2D eigenvalue weighted by Crippen LogP contribution is 2.41. The largest absolute Gasteiger partial charge is 0.338 e. The average molecular weight is 511 g/mol. The van der Waals surface area contributed by atoms with Gasteiger partial charge in [0, 0.05) is 37.3 Å². The molecule has 2 aromatic carbocycles. The second-order valence-corrected chi connectivity index (χ2v) is 10.8. The molecule has 1 saturated heterocycles. The Bertz CT molecular complexity index is 1520. The lowest BCUT2D eigenvalue weighted by Gasteiger charge is -2.30. The Balaban J connectivity index is 1.14. The fourth-order valence-electron chi connectivity index (χ4n) is 6.39. The van der Waals surface area contributed by atoms with Gasteiger partial charge >= 0.3 is 0 Å². The van der Waals surface area contributed by atoms with Gasteiger partial charge in [0.05, 0.1) is 16.6 Å². The molecule has 3 unspecified atom stereocenters. The number of likely N-dealkylation sites (tertiary alicyclic amines) is 1. The number of aryl methyl sites for hydroxylation is 1. The van der Waals surface area contributed by atoms with Crippen molar-refractivity contribution in [3.8, 4) is 0 Å². The van der Waals surface area contributed by atoms with Crippen molar-refractivity contribution >= 4 is 16.7 Å². The van der Waals surface area contributed by atoms with Crippen LogP contribution in [-0.2, 0) is 12.8 Å². The predicted octanol–water partition coefficient (Wildman–Crippen LogP) is 5.17. The van der Waals surface area contributed by atoms with Crippen LogP contribution in [0, 0.1) is 23.6 Å². The quantitative estimate of drug-likeness (QED) is 0.388. The molecule has 2 aliphatic rings. The number of aromatic nitrogens is 3. The van der Waals surface area contributed by atoms with E-state index >= 15 is 0 Å². The molecule has 38 heavy (non-hydrogen) atoms. The lowest BCUT2D eigenvalue weighted by molar-refractivity contribution is 0.0779. The molecular weight excluding hydrogens is 479 g/mol. The number of rotatable bonds is 6. The summed E-state index contributed by atoms with van der Waals surface area (Å²) in [6.45, 7) is 1.40. The number of nitrogens with zero attached hydrogens (tertiary/aromatic N) is 3. The van der Waals surface area contributed by atoms with Crippen LogP contribution in [0.3, 0.4) is 0 Å². The van der Waals surface area contributed by atoms with Gasteiger partial charge in [-0.05, 0) is 78.8 Å². The number of hydrogen-bond donors (Lipinski definition) is 1. The molecule has 0 bridgehead atoms. The summed E-state index contributed by atoms with van der Waals surface area (Å²) in [5.41, 5.74) is 2.62. The van der Waals surface area contributed by atoms with Crippen molar-refractivity contribution in [3.05, 3.63) is 106 Å². The highest BCUT2D eigenvalue weighted by molar-refractivity contribution is 5.95. The third-order valence-corrected chi connectivity index (χ3v) is 8.42. The SMILES string of the molecule is O=C(c1cc(Cc2n[nH]c(=O)c3ccccc23)ccc1F)N1CC2CCC(CCc3cccnc3)CC2C1. The van der Waals surface area contributed by atoms with E-state index in [0.717, 1.165) is 36.6 Å². The maximum atomic E-state index is 14.9. The van der Waals surface area contributed by atoms with E-state index in [1.54, 1.807) is 24.4 Å². The van der Waals surface area contributed by atoms with Crippen molar-refractivity contribution in [1.82, 2.24) is 20.1 Å². The molecule has 0 radical (unpaired) electrons. The van der Waals surface area contributed by atoms with E-state index in [0.29, 0.717) is 48.3 Å². The van der Waals surface area contributed by atoms with E-state index in [1.165, 1.54) is 18.1 Å². The molecule has 4 aromatic rings. The van der Waals surface area contributed by atoms with Gasteiger partial charge in [-0.25, -0.2) is 9.49 Å². The first-order valence-corrected chi connectivity index (χ1v) is 13.5. The van der Waals surface area contributed by atoms with E-state index in [9.17, 15) is 14.0 Å². The molecule has 1 aliphatic carbocycles. The van der Waals surface area contributed by atoms with Gasteiger partial charge in [0.2, 0.25) is 0 Å². The fourth-order valence-corrected chi connectivity index (χ4v) is 6.39. The van der Waals surface area contributed by atoms with Crippen molar-refractivity contribution in [1.29, 1.82) is 0 Å². The summed E-state index contributed by atoms with van der Waals surface area (Å²) in [5, 5.41) is 8.11. The van der Waals surface area contributed by atoms with Gasteiger partial charge in [0.15, 0.2) is 0 Å². The summed E-state index contributed by atoms with van der Waals surface area (Å²) in [6.07, 6.45) is 9.76. The van der Waals surface area contributed by atoms with E-state index in [2.05, 4.69) is 21.2 Å². The van der Waals surface area contributed by atoms with Crippen LogP contribution in [0.15, 0.2) is 71.8 Å². The maximum Gasteiger partial charge on any atom is 0.272 e. The second kappa shape index (κ2) is 10.5. The van der Waals surface area contributed by atoms with Gasteiger partial charge in [0.25, 0.3) is 11.5 Å². The molecule has 1 N–H and O–H groups in total. The number of hydrogen-bond acceptors (Lipinski definition) is 4. The van der Waals surface area contributed by atoms with Crippen LogP contribution in [0.25, 0.3) is 10.8 Å². The van der Waals surface area contributed by atoms with Crippen LogP contribution >= 0.6 is 0 Å². The molecule has 2 aromatic heterocycles. The predicted molar refractivity (Wildman–Crippen MR) is 144 cm³/mol. The van der Waals surface area contributed by atoms with Crippen molar-refractivity contribution in [2.45, 2.75) is 38.5 Å². The Morgan fingerprint density at radius 3 is 2.68 bits per heavy atom. The Morgan fingerprint density at radius 1 is 1.00 bits per heavy atom. The zero-order valence-corrected chi connectivity index (χ0v) is 21.3. The molecule has 1 saturated carbocycles. The smallest absolute Gasteiger partial charge is 0.272 e. The number of amides is 1. The number of pyridine rings is 1. The molecule has 3 atom stereocenters. The number of fused-ring (bicyclic) bond motifs is 2. The minimum atomic E-state index is -0.498. The molecule has 7 heteroatoms. The van der Waals surface area contributed by atoms with E-state index < -0.39 is 5.82 Å². The van der Waals surface area contributed by atoms with Crippen molar-refractivity contribution in [2.75, 3.05) is 13.1 Å². The Labute approximate surface area is 220 Å². The fraction of sp³-hybridized carbons (Fsp3) is 0.355. The van der Waals surface area contributed by atoms with Crippen LogP contribution in [0.5, 0.6) is 0 Å². The van der Waals surface area contributed by atoms with Crippen LogP contribution in [0.4, 0.5) is 4.39 Å².